The SMILES string of the molecule is CCOc1cccc(/C(O)=C2\C(=O)C(=O)N(CCOC)C2c2ccc(I)cc2)c1. The second-order valence-electron chi connectivity index (χ2n) is 6.50. The lowest BCUT2D eigenvalue weighted by atomic mass is 9.95. The fourth-order valence-electron chi connectivity index (χ4n) is 3.35. The predicted octanol–water partition coefficient (Wildman–Crippen LogP) is 3.76. The van der Waals surface area contributed by atoms with E-state index >= 15 is 0 Å². The summed E-state index contributed by atoms with van der Waals surface area (Å²) < 4.78 is 11.6. The number of ketones is 1. The van der Waals surface area contributed by atoms with Crippen LogP contribution in [0.25, 0.3) is 5.76 Å². The van der Waals surface area contributed by atoms with E-state index in [1.165, 1.54) is 12.0 Å². The molecule has 1 fully saturated rings. The molecule has 1 atom stereocenters. The highest BCUT2D eigenvalue weighted by Crippen LogP contribution is 2.39. The average Bonchev–Trinajstić information content (AvgIpc) is 2.97. The summed E-state index contributed by atoms with van der Waals surface area (Å²) >= 11 is 2.19. The normalized spacial score (nSPS) is 18.3. The van der Waals surface area contributed by atoms with Gasteiger partial charge in [0.05, 0.1) is 24.8 Å². The molecule has 0 aromatic heterocycles. The third-order valence-electron chi connectivity index (χ3n) is 4.68. The second kappa shape index (κ2) is 9.41. The van der Waals surface area contributed by atoms with Crippen LogP contribution in [0.2, 0.25) is 0 Å². The van der Waals surface area contributed by atoms with Gasteiger partial charge in [-0.1, -0.05) is 24.3 Å². The number of hydrogen-bond donors (Lipinski definition) is 1. The molecule has 152 valence electrons. The third-order valence-corrected chi connectivity index (χ3v) is 5.40. The Kier molecular flexibility index (Phi) is 6.92. The number of halogens is 1. The van der Waals surface area contributed by atoms with Crippen LogP contribution in [0.15, 0.2) is 54.1 Å². The largest absolute Gasteiger partial charge is 0.507 e. The molecular formula is C22H22INO5. The molecule has 2 aromatic rings. The lowest BCUT2D eigenvalue weighted by Gasteiger charge is -2.25. The molecule has 7 heteroatoms. The molecule has 1 aliphatic rings. The molecule has 0 spiro atoms. The summed E-state index contributed by atoms with van der Waals surface area (Å²) in [6.07, 6.45) is 0. The van der Waals surface area contributed by atoms with Crippen LogP contribution in [0.1, 0.15) is 24.1 Å². The van der Waals surface area contributed by atoms with Gasteiger partial charge in [-0.2, -0.15) is 0 Å². The molecular weight excluding hydrogens is 485 g/mol. The minimum atomic E-state index is -0.705. The Morgan fingerprint density at radius 1 is 1.17 bits per heavy atom. The first-order valence-corrected chi connectivity index (χ1v) is 10.3. The quantitative estimate of drug-likeness (QED) is 0.268. The standard InChI is InChI=1S/C22H22INO5/c1-3-29-17-6-4-5-15(13-17)20(25)18-19(14-7-9-16(23)10-8-14)24(11-12-28-2)22(27)21(18)26/h4-10,13,19,25H,3,11-12H2,1-2H3/b20-18+. The van der Waals surface area contributed by atoms with Crippen molar-refractivity contribution in [1.82, 2.24) is 4.90 Å². The number of aliphatic hydroxyl groups excluding tert-OH is 1. The van der Waals surface area contributed by atoms with Crippen molar-refractivity contribution in [3.63, 3.8) is 0 Å². The van der Waals surface area contributed by atoms with Crippen molar-refractivity contribution in [2.24, 2.45) is 0 Å². The smallest absolute Gasteiger partial charge is 0.295 e. The van der Waals surface area contributed by atoms with Crippen molar-refractivity contribution in [2.75, 3.05) is 26.9 Å². The second-order valence-corrected chi connectivity index (χ2v) is 7.74. The van der Waals surface area contributed by atoms with E-state index in [-0.39, 0.29) is 24.5 Å². The van der Waals surface area contributed by atoms with Crippen molar-refractivity contribution in [2.45, 2.75) is 13.0 Å². The summed E-state index contributed by atoms with van der Waals surface area (Å²) in [5, 5.41) is 11.0. The number of aliphatic hydroxyl groups is 1. The molecule has 1 heterocycles. The first-order valence-electron chi connectivity index (χ1n) is 9.24. The number of carbonyl (C=O) groups is 2. The van der Waals surface area contributed by atoms with Crippen molar-refractivity contribution < 1.29 is 24.2 Å². The molecule has 0 radical (unpaired) electrons. The summed E-state index contributed by atoms with van der Waals surface area (Å²) in [5.74, 6) is -0.985. The third kappa shape index (κ3) is 4.45. The predicted molar refractivity (Wildman–Crippen MR) is 118 cm³/mol. The number of benzene rings is 2. The van der Waals surface area contributed by atoms with E-state index in [1.54, 1.807) is 24.3 Å². The maximum atomic E-state index is 12.9. The van der Waals surface area contributed by atoms with E-state index in [4.69, 9.17) is 9.47 Å². The van der Waals surface area contributed by atoms with Crippen LogP contribution in [0.3, 0.4) is 0 Å². The van der Waals surface area contributed by atoms with Crippen molar-refractivity contribution in [1.29, 1.82) is 0 Å². The van der Waals surface area contributed by atoms with Crippen LogP contribution in [-0.4, -0.2) is 48.6 Å². The van der Waals surface area contributed by atoms with Crippen LogP contribution >= 0.6 is 22.6 Å². The van der Waals surface area contributed by atoms with Crippen LogP contribution in [-0.2, 0) is 14.3 Å². The van der Waals surface area contributed by atoms with Gasteiger partial charge in [-0.25, -0.2) is 0 Å². The minimum absolute atomic E-state index is 0.0703. The molecule has 1 amide bonds. The summed E-state index contributed by atoms with van der Waals surface area (Å²) in [7, 11) is 1.54. The maximum absolute atomic E-state index is 12.9. The first-order chi connectivity index (χ1) is 14.0. The van der Waals surface area contributed by atoms with Crippen molar-refractivity contribution >= 4 is 40.0 Å². The molecule has 0 aliphatic carbocycles. The van der Waals surface area contributed by atoms with Gasteiger partial charge in [0.2, 0.25) is 0 Å². The average molecular weight is 507 g/mol. The number of rotatable bonds is 7. The van der Waals surface area contributed by atoms with Gasteiger partial charge in [-0.05, 0) is 59.3 Å². The van der Waals surface area contributed by atoms with E-state index in [0.29, 0.717) is 17.9 Å². The molecule has 0 bridgehead atoms. The van der Waals surface area contributed by atoms with Crippen molar-refractivity contribution in [3.8, 4) is 5.75 Å². The molecule has 6 nitrogen and oxygen atoms in total. The molecule has 2 aromatic carbocycles. The number of hydrogen-bond acceptors (Lipinski definition) is 5. The highest BCUT2D eigenvalue weighted by Gasteiger charge is 2.45. The lowest BCUT2D eigenvalue weighted by Crippen LogP contribution is -2.32. The van der Waals surface area contributed by atoms with Gasteiger partial charge >= 0.3 is 0 Å². The highest BCUT2D eigenvalue weighted by molar-refractivity contribution is 14.1. The van der Waals surface area contributed by atoms with Crippen LogP contribution in [0.4, 0.5) is 0 Å². The van der Waals surface area contributed by atoms with E-state index in [1.807, 2.05) is 31.2 Å². The molecule has 1 N–H and O–H groups in total. The van der Waals surface area contributed by atoms with Gasteiger partial charge in [0, 0.05) is 22.8 Å². The molecule has 29 heavy (non-hydrogen) atoms. The van der Waals surface area contributed by atoms with Gasteiger partial charge in [0.1, 0.15) is 11.5 Å². The monoisotopic (exact) mass is 507 g/mol. The van der Waals surface area contributed by atoms with E-state index in [9.17, 15) is 14.7 Å². The fraction of sp³-hybridized carbons (Fsp3) is 0.273. The number of methoxy groups -OCH3 is 1. The van der Waals surface area contributed by atoms with Crippen LogP contribution < -0.4 is 4.74 Å². The number of nitrogens with zero attached hydrogens (tertiary/aromatic N) is 1. The van der Waals surface area contributed by atoms with E-state index in [2.05, 4.69) is 22.6 Å². The summed E-state index contributed by atoms with van der Waals surface area (Å²) in [4.78, 5) is 27.0. The van der Waals surface area contributed by atoms with E-state index in [0.717, 1.165) is 9.13 Å². The molecule has 1 saturated heterocycles. The Hall–Kier alpha value is -2.39. The number of amides is 1. The topological polar surface area (TPSA) is 76.1 Å². The number of ether oxygens (including phenoxy) is 2. The van der Waals surface area contributed by atoms with Gasteiger partial charge < -0.3 is 19.5 Å². The van der Waals surface area contributed by atoms with E-state index < -0.39 is 17.7 Å². The molecule has 1 unspecified atom stereocenters. The Labute approximate surface area is 183 Å². The zero-order chi connectivity index (χ0) is 21.0. The highest BCUT2D eigenvalue weighted by atomic mass is 127. The molecule has 1 aliphatic heterocycles. The lowest BCUT2D eigenvalue weighted by molar-refractivity contribution is -0.140. The number of likely N-dealkylation sites (tertiary alicyclic amines) is 1. The number of Topliss-reactive ketones (excluding diaryl/α,β-unsaturated/α-hetero) is 1. The summed E-state index contributed by atoms with van der Waals surface area (Å²) in [6.45, 7) is 2.88. The zero-order valence-corrected chi connectivity index (χ0v) is 18.4. The summed E-state index contributed by atoms with van der Waals surface area (Å²) in [6, 6.07) is 13.7. The molecule has 0 saturated carbocycles. The van der Waals surface area contributed by atoms with Crippen LogP contribution in [0, 0.1) is 3.57 Å². The molecule has 3 rings (SSSR count). The maximum Gasteiger partial charge on any atom is 0.295 e. The zero-order valence-electron chi connectivity index (χ0n) is 16.2. The van der Waals surface area contributed by atoms with Gasteiger partial charge in [0.15, 0.2) is 0 Å². The Bertz CT molecular complexity index is 938. The van der Waals surface area contributed by atoms with Crippen molar-refractivity contribution in [3.05, 3.63) is 68.8 Å². The van der Waals surface area contributed by atoms with Gasteiger partial charge in [0.25, 0.3) is 11.7 Å². The Morgan fingerprint density at radius 3 is 2.55 bits per heavy atom. The Balaban J connectivity index is 2.13. The van der Waals surface area contributed by atoms with Gasteiger partial charge in [-0.3, -0.25) is 9.59 Å². The summed E-state index contributed by atoms with van der Waals surface area (Å²) in [5.41, 5.74) is 1.25. The minimum Gasteiger partial charge on any atom is -0.507 e. The van der Waals surface area contributed by atoms with Crippen LogP contribution in [0.5, 0.6) is 5.75 Å². The van der Waals surface area contributed by atoms with Gasteiger partial charge in [-0.15, -0.1) is 0 Å². The first kappa shape index (κ1) is 21.3. The fourth-order valence-corrected chi connectivity index (χ4v) is 3.71. The number of carbonyl (C=O) groups excluding carboxylic acids is 2. The Morgan fingerprint density at radius 2 is 1.90 bits per heavy atom.